The summed E-state index contributed by atoms with van der Waals surface area (Å²) in [5, 5.41) is 1.50. The summed E-state index contributed by atoms with van der Waals surface area (Å²) in [6.45, 7) is 0. The number of halogens is 1. The molecular weight excluding hydrogens is 358 g/mol. The van der Waals surface area contributed by atoms with E-state index in [2.05, 4.69) is 30.3 Å². The zero-order valence-electron chi connectivity index (χ0n) is 15.2. The molecule has 0 N–H and O–H groups in total. The van der Waals surface area contributed by atoms with Crippen LogP contribution in [0.5, 0.6) is 0 Å². The maximum absolute atomic E-state index is 5.23. The number of nitrogens with zero attached hydrogens (tertiary/aromatic N) is 1. The summed E-state index contributed by atoms with van der Waals surface area (Å²) in [5.41, 5.74) is 7.51. The summed E-state index contributed by atoms with van der Waals surface area (Å²) in [5.74, 6) is 0. The molecule has 2 aliphatic rings. The van der Waals surface area contributed by atoms with Crippen molar-refractivity contribution in [1.29, 1.82) is 0 Å². The second kappa shape index (κ2) is 7.70. The molecule has 5 rings (SSSR count). The molecule has 0 spiro atoms. The number of hydrogen-bond donors (Lipinski definition) is 0. The SMILES string of the molecule is [Cl-].c1ccc(-c2c3c(nc4sc5c(c24)CCCC5)CCCCCC3)cc1. The zero-order chi connectivity index (χ0) is 16.6. The normalized spacial score (nSPS) is 16.9. The lowest BCUT2D eigenvalue weighted by Crippen LogP contribution is -3.00. The fourth-order valence-corrected chi connectivity index (χ4v) is 6.01. The number of aryl methyl sites for hydroxylation is 3. The molecule has 1 nitrogen and oxygen atoms in total. The molecule has 0 radical (unpaired) electrons. The molecule has 0 saturated heterocycles. The van der Waals surface area contributed by atoms with Crippen LogP contribution in [0.2, 0.25) is 0 Å². The van der Waals surface area contributed by atoms with E-state index in [1.165, 1.54) is 84.8 Å². The Balaban J connectivity index is 0.00000168. The van der Waals surface area contributed by atoms with Gasteiger partial charge in [-0.05, 0) is 73.6 Å². The molecule has 0 bridgehead atoms. The first-order valence-corrected chi connectivity index (χ1v) is 10.7. The van der Waals surface area contributed by atoms with Gasteiger partial charge in [0.05, 0.1) is 0 Å². The molecule has 0 aliphatic heterocycles. The molecule has 0 amide bonds. The lowest BCUT2D eigenvalue weighted by Gasteiger charge is -2.20. The zero-order valence-corrected chi connectivity index (χ0v) is 16.8. The second-order valence-corrected chi connectivity index (χ2v) is 8.67. The van der Waals surface area contributed by atoms with Crippen LogP contribution in [0.15, 0.2) is 30.3 Å². The Morgan fingerprint density at radius 1 is 0.731 bits per heavy atom. The summed E-state index contributed by atoms with van der Waals surface area (Å²) >= 11 is 1.98. The van der Waals surface area contributed by atoms with Crippen LogP contribution < -0.4 is 12.4 Å². The van der Waals surface area contributed by atoms with Crippen molar-refractivity contribution in [3.05, 3.63) is 52.0 Å². The third-order valence-electron chi connectivity index (χ3n) is 5.94. The third-order valence-corrected chi connectivity index (χ3v) is 7.13. The number of aromatic nitrogens is 1. The van der Waals surface area contributed by atoms with Gasteiger partial charge in [0.15, 0.2) is 0 Å². The average Bonchev–Trinajstić information content (AvgIpc) is 3.00. The van der Waals surface area contributed by atoms with Gasteiger partial charge in [0.25, 0.3) is 0 Å². The van der Waals surface area contributed by atoms with E-state index in [1.807, 2.05) is 11.3 Å². The highest BCUT2D eigenvalue weighted by atomic mass is 35.5. The molecule has 0 unspecified atom stereocenters. The van der Waals surface area contributed by atoms with Crippen molar-refractivity contribution in [3.8, 4) is 11.1 Å². The standard InChI is InChI=1S/C23H25NS.ClH/c1-2-7-14-19-17(12-6-1)21(16-10-4-3-5-11-16)22-18-13-8-9-15-20(18)25-23(22)24-19;/h3-5,10-11H,1-2,6-9,12-15H2;1H/p-1. The number of rotatable bonds is 1. The molecule has 2 aliphatic carbocycles. The van der Waals surface area contributed by atoms with Crippen LogP contribution in [0.25, 0.3) is 21.3 Å². The van der Waals surface area contributed by atoms with E-state index in [9.17, 15) is 0 Å². The Kier molecular flexibility index (Phi) is 5.33. The lowest BCUT2D eigenvalue weighted by molar-refractivity contribution is -0.00000493. The van der Waals surface area contributed by atoms with Crippen molar-refractivity contribution in [2.75, 3.05) is 0 Å². The van der Waals surface area contributed by atoms with Crippen molar-refractivity contribution in [3.63, 3.8) is 0 Å². The van der Waals surface area contributed by atoms with Gasteiger partial charge in [0.2, 0.25) is 0 Å². The molecule has 26 heavy (non-hydrogen) atoms. The molecule has 0 saturated carbocycles. The first kappa shape index (κ1) is 18.0. The van der Waals surface area contributed by atoms with Crippen LogP contribution in [0.1, 0.15) is 60.2 Å². The van der Waals surface area contributed by atoms with E-state index < -0.39 is 0 Å². The van der Waals surface area contributed by atoms with Gasteiger partial charge in [0, 0.05) is 16.0 Å². The van der Waals surface area contributed by atoms with Crippen molar-refractivity contribution >= 4 is 21.6 Å². The molecule has 136 valence electrons. The molecule has 3 aromatic rings. The predicted molar refractivity (Wildman–Crippen MR) is 108 cm³/mol. The van der Waals surface area contributed by atoms with Gasteiger partial charge >= 0.3 is 0 Å². The van der Waals surface area contributed by atoms with Crippen LogP contribution in [0.3, 0.4) is 0 Å². The van der Waals surface area contributed by atoms with Gasteiger partial charge in [-0.15, -0.1) is 11.3 Å². The minimum Gasteiger partial charge on any atom is -1.00 e. The molecule has 2 aromatic heterocycles. The number of benzene rings is 1. The van der Waals surface area contributed by atoms with E-state index >= 15 is 0 Å². The van der Waals surface area contributed by atoms with Gasteiger partial charge in [0.1, 0.15) is 4.83 Å². The van der Waals surface area contributed by atoms with Crippen LogP contribution in [-0.2, 0) is 25.7 Å². The van der Waals surface area contributed by atoms with Crippen molar-refractivity contribution in [1.82, 2.24) is 4.98 Å². The van der Waals surface area contributed by atoms with Crippen LogP contribution in [0.4, 0.5) is 0 Å². The largest absolute Gasteiger partial charge is 1.00 e. The van der Waals surface area contributed by atoms with E-state index in [0.29, 0.717) is 0 Å². The van der Waals surface area contributed by atoms with Gasteiger partial charge in [-0.3, -0.25) is 0 Å². The highest BCUT2D eigenvalue weighted by Gasteiger charge is 2.24. The molecule has 2 heterocycles. The van der Waals surface area contributed by atoms with Crippen molar-refractivity contribution in [2.45, 2.75) is 64.2 Å². The van der Waals surface area contributed by atoms with Gasteiger partial charge in [-0.25, -0.2) is 4.98 Å². The number of pyridine rings is 1. The Bertz CT molecular complexity index is 913. The summed E-state index contributed by atoms with van der Waals surface area (Å²) in [7, 11) is 0. The van der Waals surface area contributed by atoms with Gasteiger partial charge in [-0.1, -0.05) is 43.2 Å². The highest BCUT2D eigenvalue weighted by molar-refractivity contribution is 7.19. The Hall–Kier alpha value is -1.38. The molecule has 0 fully saturated rings. The number of fused-ring (bicyclic) bond motifs is 4. The van der Waals surface area contributed by atoms with Gasteiger partial charge in [-0.2, -0.15) is 0 Å². The predicted octanol–water partition coefficient (Wildman–Crippen LogP) is 3.51. The summed E-state index contributed by atoms with van der Waals surface area (Å²) in [6, 6.07) is 11.1. The van der Waals surface area contributed by atoms with Crippen LogP contribution in [0, 0.1) is 0 Å². The smallest absolute Gasteiger partial charge is 0.124 e. The van der Waals surface area contributed by atoms with Crippen LogP contribution in [-0.4, -0.2) is 4.98 Å². The first-order valence-electron chi connectivity index (χ1n) is 9.93. The maximum Gasteiger partial charge on any atom is 0.124 e. The summed E-state index contributed by atoms with van der Waals surface area (Å²) in [4.78, 5) is 8.15. The average molecular weight is 383 g/mol. The Morgan fingerprint density at radius 2 is 1.42 bits per heavy atom. The number of thiophene rings is 1. The number of hydrogen-bond acceptors (Lipinski definition) is 2. The minimum atomic E-state index is 0. The van der Waals surface area contributed by atoms with E-state index in [0.717, 1.165) is 6.42 Å². The monoisotopic (exact) mass is 382 g/mol. The molecule has 1 aromatic carbocycles. The Labute approximate surface area is 166 Å². The first-order chi connectivity index (χ1) is 12.4. The van der Waals surface area contributed by atoms with E-state index in [-0.39, 0.29) is 12.4 Å². The van der Waals surface area contributed by atoms with E-state index in [4.69, 9.17) is 4.98 Å². The third kappa shape index (κ3) is 3.08. The van der Waals surface area contributed by atoms with Crippen molar-refractivity contribution in [2.24, 2.45) is 0 Å². The molecule has 3 heteroatoms. The fourth-order valence-electron chi connectivity index (χ4n) is 4.72. The molecule has 0 atom stereocenters. The lowest BCUT2D eigenvalue weighted by atomic mass is 9.86. The Morgan fingerprint density at radius 3 is 2.27 bits per heavy atom. The summed E-state index contributed by atoms with van der Waals surface area (Å²) < 4.78 is 0. The molecular formula is C23H25ClNS-. The van der Waals surface area contributed by atoms with Crippen molar-refractivity contribution < 1.29 is 12.4 Å². The topological polar surface area (TPSA) is 12.9 Å². The minimum absolute atomic E-state index is 0. The quantitative estimate of drug-likeness (QED) is 0.627. The highest BCUT2D eigenvalue weighted by Crippen LogP contribution is 2.44. The maximum atomic E-state index is 5.23. The van der Waals surface area contributed by atoms with Gasteiger partial charge < -0.3 is 12.4 Å². The van der Waals surface area contributed by atoms with E-state index in [1.54, 1.807) is 16.0 Å². The van der Waals surface area contributed by atoms with Crippen LogP contribution >= 0.6 is 11.3 Å². The second-order valence-electron chi connectivity index (χ2n) is 7.58. The fraction of sp³-hybridized carbons (Fsp3) is 0.435. The summed E-state index contributed by atoms with van der Waals surface area (Å²) in [6.07, 6.45) is 12.9.